The number of amides is 1. The molecule has 0 radical (unpaired) electrons. The number of nitrogens with one attached hydrogen (secondary N) is 1. The van der Waals surface area contributed by atoms with E-state index >= 15 is 0 Å². The summed E-state index contributed by atoms with van der Waals surface area (Å²) in [4.78, 5) is 23.8. The molecule has 0 atom stereocenters. The van der Waals surface area contributed by atoms with Crippen LogP contribution in [0.1, 0.15) is 32.5 Å². The smallest absolute Gasteiger partial charge is 0.226 e. The van der Waals surface area contributed by atoms with E-state index in [1.54, 1.807) is 12.1 Å². The van der Waals surface area contributed by atoms with Crippen LogP contribution in [0.3, 0.4) is 0 Å². The molecule has 0 aliphatic heterocycles. The van der Waals surface area contributed by atoms with Gasteiger partial charge < -0.3 is 10.2 Å². The van der Waals surface area contributed by atoms with Gasteiger partial charge in [0.05, 0.1) is 5.52 Å². The molecule has 0 fully saturated rings. The number of fused-ring (bicyclic) bond motifs is 1. The molecule has 3 rings (SSSR count). The lowest BCUT2D eigenvalue weighted by atomic mass is 10.2. The summed E-state index contributed by atoms with van der Waals surface area (Å²) in [6.45, 7) is 5.34. The summed E-state index contributed by atoms with van der Waals surface area (Å²) in [5, 5.41) is 4.28. The van der Waals surface area contributed by atoms with Crippen LogP contribution in [0.4, 0.5) is 15.9 Å². The van der Waals surface area contributed by atoms with E-state index in [1.165, 1.54) is 12.1 Å². The minimum absolute atomic E-state index is 0.172. The molecule has 152 valence electrons. The van der Waals surface area contributed by atoms with Crippen molar-refractivity contribution in [3.8, 4) is 0 Å². The molecule has 5 nitrogen and oxygen atoms in total. The van der Waals surface area contributed by atoms with Gasteiger partial charge in [0.1, 0.15) is 17.5 Å². The normalized spacial score (nSPS) is 10.9. The molecule has 29 heavy (non-hydrogen) atoms. The lowest BCUT2D eigenvalue weighted by molar-refractivity contribution is -0.116. The van der Waals surface area contributed by atoms with Crippen molar-refractivity contribution in [2.24, 2.45) is 0 Å². The Labute approximate surface area is 174 Å². The first-order chi connectivity index (χ1) is 14.0. The molecule has 1 amide bonds. The Morgan fingerprint density at radius 3 is 2.69 bits per heavy atom. The highest BCUT2D eigenvalue weighted by molar-refractivity contribution is 6.31. The van der Waals surface area contributed by atoms with Gasteiger partial charge in [-0.2, -0.15) is 0 Å². The number of carbonyl (C=O) groups excluding carboxylic acids is 1. The second-order valence-corrected chi connectivity index (χ2v) is 7.21. The molecule has 0 spiro atoms. The molecule has 7 heteroatoms. The number of aryl methyl sites for hydroxylation is 1. The number of aromatic nitrogens is 2. The van der Waals surface area contributed by atoms with Crippen LogP contribution < -0.4 is 10.2 Å². The van der Waals surface area contributed by atoms with Crippen molar-refractivity contribution in [3.63, 3.8) is 0 Å². The first-order valence-corrected chi connectivity index (χ1v) is 10.1. The highest BCUT2D eigenvalue weighted by Gasteiger charge is 2.16. The largest absolute Gasteiger partial charge is 0.355 e. The predicted molar refractivity (Wildman–Crippen MR) is 116 cm³/mol. The second kappa shape index (κ2) is 9.65. The van der Waals surface area contributed by atoms with Gasteiger partial charge in [0, 0.05) is 42.0 Å². The van der Waals surface area contributed by atoms with Crippen LogP contribution >= 0.6 is 11.6 Å². The van der Waals surface area contributed by atoms with Crippen LogP contribution in [0.15, 0.2) is 42.5 Å². The average Bonchev–Trinajstić information content (AvgIpc) is 2.70. The van der Waals surface area contributed by atoms with E-state index in [-0.39, 0.29) is 18.1 Å². The summed E-state index contributed by atoms with van der Waals surface area (Å²) in [5.41, 5.74) is 1.25. The van der Waals surface area contributed by atoms with Gasteiger partial charge >= 0.3 is 0 Å². The number of halogens is 2. The minimum Gasteiger partial charge on any atom is -0.355 e. The lowest BCUT2D eigenvalue weighted by Crippen LogP contribution is -2.30. The van der Waals surface area contributed by atoms with Crippen molar-refractivity contribution in [1.82, 2.24) is 9.97 Å². The summed E-state index contributed by atoms with van der Waals surface area (Å²) < 4.78 is 13.3. The highest BCUT2D eigenvalue weighted by atomic mass is 35.5. The standard InChI is InChI=1S/C22H24ClFN4O/c1-3-11-28(12-10-21(29)25-17-7-5-6-16(24)14-17)22-18-9-8-15(23)13-19(18)26-20(4-2)27-22/h5-9,13-14H,3-4,10-12H2,1-2H3,(H,25,29). The zero-order valence-corrected chi connectivity index (χ0v) is 17.3. The van der Waals surface area contributed by atoms with Gasteiger partial charge in [-0.05, 0) is 42.8 Å². The zero-order valence-electron chi connectivity index (χ0n) is 16.6. The third-order valence-electron chi connectivity index (χ3n) is 4.51. The topological polar surface area (TPSA) is 58.1 Å². The molecule has 1 aromatic heterocycles. The van der Waals surface area contributed by atoms with Crippen LogP contribution in [0.2, 0.25) is 5.02 Å². The molecule has 0 saturated heterocycles. The van der Waals surface area contributed by atoms with Crippen LogP contribution in [0.25, 0.3) is 10.9 Å². The third kappa shape index (κ3) is 5.41. The van der Waals surface area contributed by atoms with Crippen LogP contribution in [0.5, 0.6) is 0 Å². The number of hydrogen-bond acceptors (Lipinski definition) is 4. The van der Waals surface area contributed by atoms with Crippen molar-refractivity contribution in [2.75, 3.05) is 23.3 Å². The molecule has 0 aliphatic rings. The highest BCUT2D eigenvalue weighted by Crippen LogP contribution is 2.27. The summed E-state index contributed by atoms with van der Waals surface area (Å²) in [6, 6.07) is 11.5. The van der Waals surface area contributed by atoms with E-state index in [2.05, 4.69) is 22.1 Å². The summed E-state index contributed by atoms with van der Waals surface area (Å²) in [7, 11) is 0. The van der Waals surface area contributed by atoms with E-state index in [1.807, 2.05) is 25.1 Å². The minimum atomic E-state index is -0.381. The molecular weight excluding hydrogens is 391 g/mol. The van der Waals surface area contributed by atoms with Gasteiger partial charge in [-0.1, -0.05) is 31.5 Å². The molecule has 1 N–H and O–H groups in total. The molecular formula is C22H24ClFN4O. The third-order valence-corrected chi connectivity index (χ3v) is 4.75. The molecule has 3 aromatic rings. The van der Waals surface area contributed by atoms with Crippen molar-refractivity contribution in [2.45, 2.75) is 33.1 Å². The Kier molecular flexibility index (Phi) is 6.99. The molecule has 0 unspecified atom stereocenters. The lowest BCUT2D eigenvalue weighted by Gasteiger charge is -2.25. The molecule has 1 heterocycles. The maximum Gasteiger partial charge on any atom is 0.226 e. The van der Waals surface area contributed by atoms with Gasteiger partial charge in [0.25, 0.3) is 0 Å². The zero-order chi connectivity index (χ0) is 20.8. The van der Waals surface area contributed by atoms with Crippen molar-refractivity contribution < 1.29 is 9.18 Å². The van der Waals surface area contributed by atoms with Crippen LogP contribution in [-0.2, 0) is 11.2 Å². The fourth-order valence-corrected chi connectivity index (χ4v) is 3.32. The Morgan fingerprint density at radius 1 is 1.14 bits per heavy atom. The van der Waals surface area contributed by atoms with E-state index in [0.29, 0.717) is 23.7 Å². The quantitative estimate of drug-likeness (QED) is 0.548. The van der Waals surface area contributed by atoms with Gasteiger partial charge in [0.2, 0.25) is 5.91 Å². The fourth-order valence-electron chi connectivity index (χ4n) is 3.15. The maximum absolute atomic E-state index is 13.3. The van der Waals surface area contributed by atoms with E-state index in [0.717, 1.165) is 35.5 Å². The number of hydrogen-bond donors (Lipinski definition) is 1. The number of carbonyl (C=O) groups is 1. The first kappa shape index (κ1) is 21.0. The Bertz CT molecular complexity index is 1010. The second-order valence-electron chi connectivity index (χ2n) is 6.77. The molecule has 0 bridgehead atoms. The Hall–Kier alpha value is -2.73. The van der Waals surface area contributed by atoms with Gasteiger partial charge in [-0.25, -0.2) is 14.4 Å². The molecule has 0 saturated carbocycles. The predicted octanol–water partition coefficient (Wildman–Crippen LogP) is 5.23. The van der Waals surface area contributed by atoms with Crippen LogP contribution in [0, 0.1) is 5.82 Å². The van der Waals surface area contributed by atoms with E-state index in [4.69, 9.17) is 16.6 Å². The SMILES string of the molecule is CCCN(CCC(=O)Nc1cccc(F)c1)c1nc(CC)nc2cc(Cl)ccc12. The molecule has 2 aromatic carbocycles. The number of benzene rings is 2. The summed E-state index contributed by atoms with van der Waals surface area (Å²) >= 11 is 6.14. The first-order valence-electron chi connectivity index (χ1n) is 9.76. The summed E-state index contributed by atoms with van der Waals surface area (Å²) in [6.07, 6.45) is 1.87. The summed E-state index contributed by atoms with van der Waals surface area (Å²) in [5.74, 6) is 0.992. The van der Waals surface area contributed by atoms with E-state index in [9.17, 15) is 9.18 Å². The fraction of sp³-hybridized carbons (Fsp3) is 0.318. The van der Waals surface area contributed by atoms with Crippen molar-refractivity contribution in [1.29, 1.82) is 0 Å². The van der Waals surface area contributed by atoms with Crippen LogP contribution in [-0.4, -0.2) is 29.0 Å². The van der Waals surface area contributed by atoms with Gasteiger partial charge in [-0.15, -0.1) is 0 Å². The number of nitrogens with zero attached hydrogens (tertiary/aromatic N) is 3. The average molecular weight is 415 g/mol. The Morgan fingerprint density at radius 2 is 1.97 bits per heavy atom. The molecule has 0 aliphatic carbocycles. The Balaban J connectivity index is 1.81. The van der Waals surface area contributed by atoms with E-state index < -0.39 is 0 Å². The number of anilines is 2. The number of rotatable bonds is 8. The monoisotopic (exact) mass is 414 g/mol. The van der Waals surface area contributed by atoms with Gasteiger partial charge in [0.15, 0.2) is 0 Å². The maximum atomic E-state index is 13.3. The van der Waals surface area contributed by atoms with Crippen molar-refractivity contribution in [3.05, 3.63) is 59.1 Å². The van der Waals surface area contributed by atoms with Crippen molar-refractivity contribution >= 4 is 39.9 Å². The van der Waals surface area contributed by atoms with Gasteiger partial charge in [-0.3, -0.25) is 4.79 Å².